The molecule has 106 valence electrons. The molecule has 19 heavy (non-hydrogen) atoms. The summed E-state index contributed by atoms with van der Waals surface area (Å²) in [5.41, 5.74) is -1.51. The van der Waals surface area contributed by atoms with Gasteiger partial charge >= 0.3 is 12.1 Å². The average Bonchev–Trinajstić information content (AvgIpc) is 2.26. The average molecular weight is 280 g/mol. The first-order valence-corrected chi connectivity index (χ1v) is 5.40. The molecular formula is C12H12F4O3. The van der Waals surface area contributed by atoms with Gasteiger partial charge in [-0.3, -0.25) is 4.79 Å². The zero-order valence-corrected chi connectivity index (χ0v) is 9.91. The number of aliphatic carboxylic acids is 1. The van der Waals surface area contributed by atoms with Gasteiger partial charge in [0, 0.05) is 0 Å². The summed E-state index contributed by atoms with van der Waals surface area (Å²) in [7, 11) is 0. The van der Waals surface area contributed by atoms with Crippen LogP contribution in [0.5, 0.6) is 0 Å². The van der Waals surface area contributed by atoms with Gasteiger partial charge in [-0.1, -0.05) is 6.92 Å². The van der Waals surface area contributed by atoms with Crippen molar-refractivity contribution >= 4 is 5.97 Å². The predicted octanol–water partition coefficient (Wildman–Crippen LogP) is 2.99. The van der Waals surface area contributed by atoms with Crippen molar-refractivity contribution in [2.45, 2.75) is 25.6 Å². The minimum Gasteiger partial charge on any atom is -0.481 e. The molecule has 0 aliphatic rings. The Bertz CT molecular complexity index is 471. The van der Waals surface area contributed by atoms with Crippen molar-refractivity contribution in [2.75, 3.05) is 0 Å². The fourth-order valence-electron chi connectivity index (χ4n) is 1.54. The third-order valence-corrected chi connectivity index (χ3v) is 2.63. The van der Waals surface area contributed by atoms with Crippen LogP contribution in [0.2, 0.25) is 0 Å². The topological polar surface area (TPSA) is 57.5 Å². The van der Waals surface area contributed by atoms with E-state index in [0.29, 0.717) is 12.1 Å². The maximum absolute atomic E-state index is 13.1. The van der Waals surface area contributed by atoms with E-state index in [1.54, 1.807) is 0 Å². The highest BCUT2D eigenvalue weighted by atomic mass is 19.4. The second-order valence-corrected chi connectivity index (χ2v) is 4.26. The fourth-order valence-corrected chi connectivity index (χ4v) is 1.54. The largest absolute Gasteiger partial charge is 0.481 e. The van der Waals surface area contributed by atoms with E-state index in [9.17, 15) is 27.5 Å². The lowest BCUT2D eigenvalue weighted by atomic mass is 9.97. The molecule has 2 N–H and O–H groups in total. The molecule has 0 spiro atoms. The van der Waals surface area contributed by atoms with Gasteiger partial charge in [0.2, 0.25) is 0 Å². The molecule has 0 bridgehead atoms. The van der Waals surface area contributed by atoms with Gasteiger partial charge in [-0.15, -0.1) is 0 Å². The van der Waals surface area contributed by atoms with Crippen molar-refractivity contribution in [3.63, 3.8) is 0 Å². The van der Waals surface area contributed by atoms with Gasteiger partial charge in [0.1, 0.15) is 5.82 Å². The quantitative estimate of drug-likeness (QED) is 0.834. The monoisotopic (exact) mass is 280 g/mol. The Kier molecular flexibility index (Phi) is 4.52. The third kappa shape index (κ3) is 4.20. The van der Waals surface area contributed by atoms with Gasteiger partial charge in [-0.05, 0) is 30.2 Å². The molecule has 0 aromatic heterocycles. The number of aliphatic hydroxyl groups is 1. The number of hydrogen-bond donors (Lipinski definition) is 2. The maximum atomic E-state index is 13.1. The summed E-state index contributed by atoms with van der Waals surface area (Å²) in [6.45, 7) is 1.30. The standard InChI is InChI=1S/C12H12F4O3/c1-6(11(18)19)2-10(17)7-3-8(12(14,15)16)5-9(13)4-7/h3-6,10,17H,2H2,1H3,(H,18,19). The SMILES string of the molecule is CC(CC(O)c1cc(F)cc(C(F)(F)F)c1)C(=O)O. The van der Waals surface area contributed by atoms with Gasteiger partial charge < -0.3 is 10.2 Å². The van der Waals surface area contributed by atoms with Crippen molar-refractivity contribution in [1.82, 2.24) is 0 Å². The van der Waals surface area contributed by atoms with Gasteiger partial charge in [-0.2, -0.15) is 13.2 Å². The highest BCUT2D eigenvalue weighted by molar-refractivity contribution is 5.69. The molecule has 0 saturated carbocycles. The summed E-state index contributed by atoms with van der Waals surface area (Å²) in [5.74, 6) is -3.27. The Morgan fingerprint density at radius 3 is 2.37 bits per heavy atom. The molecular weight excluding hydrogens is 268 g/mol. The molecule has 0 aliphatic carbocycles. The number of aliphatic hydroxyl groups excluding tert-OH is 1. The number of carboxylic acids is 1. The minimum absolute atomic E-state index is 0.291. The van der Waals surface area contributed by atoms with Crippen LogP contribution in [0, 0.1) is 11.7 Å². The third-order valence-electron chi connectivity index (χ3n) is 2.63. The van der Waals surface area contributed by atoms with E-state index >= 15 is 0 Å². The normalized spacial score (nSPS) is 15.1. The van der Waals surface area contributed by atoms with Gasteiger partial charge in [0.15, 0.2) is 0 Å². The van der Waals surface area contributed by atoms with Crippen LogP contribution in [-0.2, 0) is 11.0 Å². The molecule has 3 nitrogen and oxygen atoms in total. The van der Waals surface area contributed by atoms with E-state index in [1.807, 2.05) is 0 Å². The zero-order chi connectivity index (χ0) is 14.8. The van der Waals surface area contributed by atoms with E-state index in [2.05, 4.69) is 0 Å². The maximum Gasteiger partial charge on any atom is 0.416 e. The smallest absolute Gasteiger partial charge is 0.416 e. The molecule has 1 rings (SSSR count). The lowest BCUT2D eigenvalue weighted by Crippen LogP contribution is -2.14. The summed E-state index contributed by atoms with van der Waals surface area (Å²) in [5, 5.41) is 18.3. The van der Waals surface area contributed by atoms with Gasteiger partial charge in [0.25, 0.3) is 0 Å². The van der Waals surface area contributed by atoms with Gasteiger partial charge in [-0.25, -0.2) is 4.39 Å². The number of carboxylic acid groups (broad SMARTS) is 1. The van der Waals surface area contributed by atoms with Crippen LogP contribution in [0.3, 0.4) is 0 Å². The molecule has 0 amide bonds. The number of hydrogen-bond acceptors (Lipinski definition) is 2. The number of alkyl halides is 3. The van der Waals surface area contributed by atoms with Crippen LogP contribution in [0.4, 0.5) is 17.6 Å². The molecule has 1 aromatic rings. The molecule has 0 saturated heterocycles. The van der Waals surface area contributed by atoms with Crippen molar-refractivity contribution in [3.8, 4) is 0 Å². The van der Waals surface area contributed by atoms with Crippen LogP contribution in [0.1, 0.15) is 30.6 Å². The van der Waals surface area contributed by atoms with Crippen LogP contribution in [0.15, 0.2) is 18.2 Å². The molecule has 0 heterocycles. The molecule has 0 fully saturated rings. The van der Waals surface area contributed by atoms with Crippen molar-refractivity contribution in [1.29, 1.82) is 0 Å². The highest BCUT2D eigenvalue weighted by Gasteiger charge is 2.32. The Balaban J connectivity index is 3.01. The van der Waals surface area contributed by atoms with E-state index in [4.69, 9.17) is 5.11 Å². The summed E-state index contributed by atoms with van der Waals surface area (Å²) < 4.78 is 50.5. The summed E-state index contributed by atoms with van der Waals surface area (Å²) in [4.78, 5) is 10.6. The summed E-state index contributed by atoms with van der Waals surface area (Å²) in [6, 6.07) is 1.69. The highest BCUT2D eigenvalue weighted by Crippen LogP contribution is 2.32. The Hall–Kier alpha value is -1.63. The van der Waals surface area contributed by atoms with Crippen molar-refractivity contribution < 1.29 is 32.6 Å². The zero-order valence-electron chi connectivity index (χ0n) is 9.91. The molecule has 1 aromatic carbocycles. The van der Waals surface area contributed by atoms with E-state index in [-0.39, 0.29) is 12.0 Å². The molecule has 0 aliphatic heterocycles. The van der Waals surface area contributed by atoms with Crippen molar-refractivity contribution in [3.05, 3.63) is 35.1 Å². The van der Waals surface area contributed by atoms with Crippen LogP contribution >= 0.6 is 0 Å². The van der Waals surface area contributed by atoms with E-state index in [1.165, 1.54) is 6.92 Å². The summed E-state index contributed by atoms with van der Waals surface area (Å²) >= 11 is 0. The van der Waals surface area contributed by atoms with E-state index < -0.39 is 35.5 Å². The number of halogens is 4. The predicted molar refractivity (Wildman–Crippen MR) is 57.8 cm³/mol. The van der Waals surface area contributed by atoms with E-state index in [0.717, 1.165) is 6.07 Å². The van der Waals surface area contributed by atoms with Crippen LogP contribution in [0.25, 0.3) is 0 Å². The fraction of sp³-hybridized carbons (Fsp3) is 0.417. The Morgan fingerprint density at radius 2 is 1.89 bits per heavy atom. The van der Waals surface area contributed by atoms with Crippen LogP contribution in [-0.4, -0.2) is 16.2 Å². The molecule has 0 radical (unpaired) electrons. The first-order valence-electron chi connectivity index (χ1n) is 5.40. The molecule has 2 atom stereocenters. The van der Waals surface area contributed by atoms with Gasteiger partial charge in [0.05, 0.1) is 17.6 Å². The number of benzene rings is 1. The minimum atomic E-state index is -4.73. The molecule has 2 unspecified atom stereocenters. The Morgan fingerprint density at radius 1 is 1.32 bits per heavy atom. The second kappa shape index (κ2) is 5.56. The van der Waals surface area contributed by atoms with Crippen molar-refractivity contribution in [2.24, 2.45) is 5.92 Å². The number of carbonyl (C=O) groups is 1. The van der Waals surface area contributed by atoms with Crippen LogP contribution < -0.4 is 0 Å². The first kappa shape index (κ1) is 15.4. The lowest BCUT2D eigenvalue weighted by molar-refractivity contribution is -0.142. The number of rotatable bonds is 4. The summed E-state index contributed by atoms with van der Waals surface area (Å²) in [6.07, 6.45) is -6.49. The Labute approximate surface area is 106 Å². The second-order valence-electron chi connectivity index (χ2n) is 4.26. The first-order chi connectivity index (χ1) is 8.61. The lowest BCUT2D eigenvalue weighted by Gasteiger charge is -2.16. The molecule has 7 heteroatoms.